The summed E-state index contributed by atoms with van der Waals surface area (Å²) >= 11 is 1.09. The molecule has 2 heterocycles. The molecule has 0 bridgehead atoms. The lowest BCUT2D eigenvalue weighted by Crippen LogP contribution is -2.28. The maximum atomic E-state index is 14.6. The fourth-order valence-electron chi connectivity index (χ4n) is 3.99. The van der Waals surface area contributed by atoms with Gasteiger partial charge in [0.25, 0.3) is 5.91 Å². The van der Waals surface area contributed by atoms with E-state index in [4.69, 9.17) is 19.0 Å². The average Bonchev–Trinajstić information content (AvgIpc) is 3.60. The van der Waals surface area contributed by atoms with Crippen molar-refractivity contribution in [2.45, 2.75) is 12.0 Å². The smallest absolute Gasteiger partial charge is 0.371 e. The van der Waals surface area contributed by atoms with Gasteiger partial charge in [-0.15, -0.1) is 0 Å². The standard InChI is InChI=1S/C28H19F3N2O6S/c1-37-24-18(4-2-7-21(24)38-14-17-12-13-22(39-17)28(35)36)27-33(26(34)23-19(30)5-3-6-20(23)31)32-25(40-27)15-8-10-16(29)11-9-15/h2-13,27H,14H2,1H3,(H,35,36). The number of hydrogen-bond acceptors (Lipinski definition) is 7. The number of carbonyl (C=O) groups is 2. The molecule has 204 valence electrons. The first-order valence-corrected chi connectivity index (χ1v) is 12.5. The number of ether oxygens (including phenoxy) is 2. The van der Waals surface area contributed by atoms with E-state index in [-0.39, 0.29) is 29.6 Å². The van der Waals surface area contributed by atoms with E-state index in [1.807, 2.05) is 0 Å². The Bertz CT molecular complexity index is 1600. The van der Waals surface area contributed by atoms with Crippen LogP contribution in [0, 0.1) is 17.5 Å². The minimum atomic E-state index is -1.22. The topological polar surface area (TPSA) is 102 Å². The summed E-state index contributed by atoms with van der Waals surface area (Å²) in [6, 6.07) is 16.1. The number of aromatic carboxylic acids is 1. The summed E-state index contributed by atoms with van der Waals surface area (Å²) in [6.07, 6.45) is 0. The van der Waals surface area contributed by atoms with E-state index in [1.165, 1.54) is 43.5 Å². The maximum absolute atomic E-state index is 14.6. The highest BCUT2D eigenvalue weighted by molar-refractivity contribution is 8.14. The van der Waals surface area contributed by atoms with Gasteiger partial charge in [0.1, 0.15) is 45.8 Å². The zero-order valence-electron chi connectivity index (χ0n) is 20.6. The molecule has 1 unspecified atom stereocenters. The Kier molecular flexibility index (Phi) is 7.52. The highest BCUT2D eigenvalue weighted by atomic mass is 32.2. The molecule has 0 saturated heterocycles. The monoisotopic (exact) mass is 568 g/mol. The van der Waals surface area contributed by atoms with Crippen LogP contribution in [0.3, 0.4) is 0 Å². The van der Waals surface area contributed by atoms with Crippen molar-refractivity contribution in [2.75, 3.05) is 7.11 Å². The van der Waals surface area contributed by atoms with Crippen LogP contribution in [0.25, 0.3) is 0 Å². The molecule has 1 atom stereocenters. The second kappa shape index (κ2) is 11.2. The Balaban J connectivity index is 1.52. The van der Waals surface area contributed by atoms with Crippen LogP contribution < -0.4 is 9.47 Å². The van der Waals surface area contributed by atoms with Gasteiger partial charge in [-0.05, 0) is 54.6 Å². The minimum absolute atomic E-state index is 0.134. The first-order valence-electron chi connectivity index (χ1n) is 11.7. The second-order valence-corrected chi connectivity index (χ2v) is 9.44. The van der Waals surface area contributed by atoms with Crippen LogP contribution in [0.15, 0.2) is 82.3 Å². The lowest BCUT2D eigenvalue weighted by molar-refractivity contribution is 0.0657. The van der Waals surface area contributed by atoms with Crippen molar-refractivity contribution < 1.29 is 41.8 Å². The molecule has 5 rings (SSSR count). The van der Waals surface area contributed by atoms with Crippen LogP contribution in [0.2, 0.25) is 0 Å². The van der Waals surface area contributed by atoms with Crippen LogP contribution in [-0.4, -0.2) is 34.1 Å². The summed E-state index contributed by atoms with van der Waals surface area (Å²) in [5.41, 5.74) is 0.0939. The number of carbonyl (C=O) groups excluding carboxylic acids is 1. The molecule has 0 fully saturated rings. The number of halogens is 3. The van der Waals surface area contributed by atoms with Crippen molar-refractivity contribution in [1.82, 2.24) is 5.01 Å². The number of rotatable bonds is 8. The lowest BCUT2D eigenvalue weighted by Gasteiger charge is -2.24. The molecule has 0 spiro atoms. The van der Waals surface area contributed by atoms with E-state index >= 15 is 0 Å². The van der Waals surface area contributed by atoms with Gasteiger partial charge in [0, 0.05) is 11.1 Å². The molecule has 1 N–H and O–H groups in total. The predicted molar refractivity (Wildman–Crippen MR) is 139 cm³/mol. The summed E-state index contributed by atoms with van der Waals surface area (Å²) in [4.78, 5) is 24.6. The van der Waals surface area contributed by atoms with Crippen LogP contribution >= 0.6 is 11.8 Å². The molecule has 1 aliphatic rings. The Morgan fingerprint density at radius 2 is 1.70 bits per heavy atom. The van der Waals surface area contributed by atoms with Crippen molar-refractivity contribution in [1.29, 1.82) is 0 Å². The number of carboxylic acid groups (broad SMARTS) is 1. The minimum Gasteiger partial charge on any atom is -0.492 e. The van der Waals surface area contributed by atoms with Crippen molar-refractivity contribution >= 4 is 28.7 Å². The van der Waals surface area contributed by atoms with E-state index in [0.29, 0.717) is 16.2 Å². The number of benzene rings is 3. The highest BCUT2D eigenvalue weighted by Gasteiger charge is 2.38. The van der Waals surface area contributed by atoms with Crippen LogP contribution in [0.1, 0.15) is 43.2 Å². The Hall–Kier alpha value is -4.71. The van der Waals surface area contributed by atoms with Crippen molar-refractivity contribution in [2.24, 2.45) is 5.10 Å². The van der Waals surface area contributed by atoms with Crippen LogP contribution in [0.5, 0.6) is 11.5 Å². The Labute approximate surface area is 229 Å². The summed E-state index contributed by atoms with van der Waals surface area (Å²) < 4.78 is 59.4. The van der Waals surface area contributed by atoms with Gasteiger partial charge < -0.3 is 19.0 Å². The van der Waals surface area contributed by atoms with Gasteiger partial charge in [-0.25, -0.2) is 23.0 Å². The lowest BCUT2D eigenvalue weighted by atomic mass is 10.1. The zero-order valence-corrected chi connectivity index (χ0v) is 21.5. The molecule has 0 aliphatic carbocycles. The fraction of sp³-hybridized carbons (Fsp3) is 0.107. The zero-order chi connectivity index (χ0) is 28.4. The van der Waals surface area contributed by atoms with Crippen molar-refractivity contribution in [3.05, 3.63) is 118 Å². The number of nitrogens with zero attached hydrogens (tertiary/aromatic N) is 2. The number of hydrazone groups is 1. The second-order valence-electron chi connectivity index (χ2n) is 8.37. The Morgan fingerprint density at radius 3 is 2.35 bits per heavy atom. The molecule has 0 radical (unpaired) electrons. The first-order chi connectivity index (χ1) is 19.3. The van der Waals surface area contributed by atoms with E-state index in [9.17, 15) is 22.8 Å². The van der Waals surface area contributed by atoms with Crippen LogP contribution in [-0.2, 0) is 6.61 Å². The number of thioether (sulfide) groups is 1. The molecular formula is C28H19F3N2O6S. The number of amides is 1. The Morgan fingerprint density at radius 1 is 1.00 bits per heavy atom. The van der Waals surface area contributed by atoms with Gasteiger partial charge in [-0.2, -0.15) is 5.10 Å². The molecule has 12 heteroatoms. The number of carboxylic acids is 1. The summed E-state index contributed by atoms with van der Waals surface area (Å²) in [7, 11) is 1.38. The number of para-hydroxylation sites is 1. The molecule has 8 nitrogen and oxygen atoms in total. The summed E-state index contributed by atoms with van der Waals surface area (Å²) in [5, 5.41) is 13.7. The summed E-state index contributed by atoms with van der Waals surface area (Å²) in [6.45, 7) is -0.134. The van der Waals surface area contributed by atoms with Gasteiger partial charge in [-0.3, -0.25) is 4.79 Å². The molecule has 1 amide bonds. The van der Waals surface area contributed by atoms with Crippen LogP contribution in [0.4, 0.5) is 13.2 Å². The maximum Gasteiger partial charge on any atom is 0.371 e. The van der Waals surface area contributed by atoms with E-state index in [1.54, 1.807) is 18.2 Å². The van der Waals surface area contributed by atoms with Gasteiger partial charge in [0.2, 0.25) is 5.76 Å². The van der Waals surface area contributed by atoms with Gasteiger partial charge in [0.05, 0.1) is 7.11 Å². The molecule has 40 heavy (non-hydrogen) atoms. The largest absolute Gasteiger partial charge is 0.492 e. The molecule has 1 aliphatic heterocycles. The number of methoxy groups -OCH3 is 1. The molecule has 1 aromatic heterocycles. The molecule has 4 aromatic rings. The highest BCUT2D eigenvalue weighted by Crippen LogP contribution is 2.48. The summed E-state index contributed by atoms with van der Waals surface area (Å²) in [5.74, 6) is -4.41. The number of hydrogen-bond donors (Lipinski definition) is 1. The normalized spacial score (nSPS) is 14.7. The molecule has 3 aromatic carbocycles. The average molecular weight is 569 g/mol. The predicted octanol–water partition coefficient (Wildman–Crippen LogP) is 6.23. The third-order valence-corrected chi connectivity index (χ3v) is 7.06. The first kappa shape index (κ1) is 26.9. The van der Waals surface area contributed by atoms with E-state index in [2.05, 4.69) is 5.10 Å². The third-order valence-electron chi connectivity index (χ3n) is 5.84. The molecular weight excluding hydrogens is 549 g/mol. The van der Waals surface area contributed by atoms with Gasteiger partial charge >= 0.3 is 5.97 Å². The SMILES string of the molecule is COc1c(OCc2ccc(C(=O)O)o2)cccc1C1SC(c2ccc(F)cc2)=NN1C(=O)c1c(F)cccc1F. The fourth-order valence-corrected chi connectivity index (χ4v) is 5.16. The third kappa shape index (κ3) is 5.25. The van der Waals surface area contributed by atoms with Gasteiger partial charge in [-0.1, -0.05) is 30.0 Å². The molecule has 0 saturated carbocycles. The quantitative estimate of drug-likeness (QED) is 0.269. The van der Waals surface area contributed by atoms with Crippen molar-refractivity contribution in [3.8, 4) is 11.5 Å². The van der Waals surface area contributed by atoms with Gasteiger partial charge in [0.15, 0.2) is 11.5 Å². The van der Waals surface area contributed by atoms with Crippen molar-refractivity contribution in [3.63, 3.8) is 0 Å². The van der Waals surface area contributed by atoms with E-state index < -0.39 is 40.3 Å². The van der Waals surface area contributed by atoms with E-state index in [0.717, 1.165) is 35.0 Å². The number of furan rings is 1.